The Bertz CT molecular complexity index is 661. The number of urea groups is 1. The molecule has 2 aliphatic rings. The predicted molar refractivity (Wildman–Crippen MR) is 78.1 cm³/mol. The summed E-state index contributed by atoms with van der Waals surface area (Å²) in [5.74, 6) is -3.46. The summed E-state index contributed by atoms with van der Waals surface area (Å²) in [6.07, 6.45) is 1.35. The number of benzene rings is 1. The fourth-order valence-corrected chi connectivity index (χ4v) is 2.64. The molecule has 1 aromatic rings. The van der Waals surface area contributed by atoms with Gasteiger partial charge in [0.25, 0.3) is 17.4 Å². The molecule has 7 heteroatoms. The minimum atomic E-state index is -2.09. The van der Waals surface area contributed by atoms with E-state index < -0.39 is 35.3 Å². The van der Waals surface area contributed by atoms with Gasteiger partial charge in [0.05, 0.1) is 5.92 Å². The van der Waals surface area contributed by atoms with Crippen LogP contribution < -0.4 is 10.6 Å². The first-order valence-electron chi connectivity index (χ1n) is 7.40. The Morgan fingerprint density at radius 2 is 1.70 bits per heavy atom. The van der Waals surface area contributed by atoms with E-state index in [2.05, 4.69) is 0 Å². The van der Waals surface area contributed by atoms with Crippen LogP contribution in [0.2, 0.25) is 0 Å². The van der Waals surface area contributed by atoms with Crippen LogP contribution in [0.4, 0.5) is 4.79 Å². The summed E-state index contributed by atoms with van der Waals surface area (Å²) in [5, 5.41) is 4.06. The van der Waals surface area contributed by atoms with Gasteiger partial charge in [-0.3, -0.25) is 25.0 Å². The molecule has 1 aromatic carbocycles. The fraction of sp³-hybridized carbons (Fsp3) is 0.375. The van der Waals surface area contributed by atoms with E-state index in [1.165, 1.54) is 0 Å². The van der Waals surface area contributed by atoms with Gasteiger partial charge in [-0.1, -0.05) is 37.3 Å². The second-order valence-electron chi connectivity index (χ2n) is 5.80. The predicted octanol–water partition coefficient (Wildman–Crippen LogP) is 0.848. The van der Waals surface area contributed by atoms with E-state index in [-0.39, 0.29) is 5.92 Å². The van der Waals surface area contributed by atoms with E-state index in [1.807, 2.05) is 10.6 Å². The molecular weight excluding hydrogens is 300 g/mol. The molecule has 0 radical (unpaired) electrons. The van der Waals surface area contributed by atoms with Crippen LogP contribution >= 0.6 is 0 Å². The molecule has 1 unspecified atom stereocenters. The normalized spacial score (nSPS) is 21.2. The van der Waals surface area contributed by atoms with Crippen LogP contribution in [0, 0.1) is 5.92 Å². The lowest BCUT2D eigenvalue weighted by Crippen LogP contribution is -2.70. The number of nitrogens with one attached hydrogen (secondary N) is 2. The molecule has 7 nitrogen and oxygen atoms in total. The Hall–Kier alpha value is -2.70. The molecule has 0 bridgehead atoms. The lowest BCUT2D eigenvalue weighted by atomic mass is 9.80. The highest BCUT2D eigenvalue weighted by Crippen LogP contribution is 2.38. The molecule has 120 valence electrons. The number of imide groups is 2. The Kier molecular flexibility index (Phi) is 3.63. The quantitative estimate of drug-likeness (QED) is 0.633. The molecule has 1 atom stereocenters. The van der Waals surface area contributed by atoms with Crippen molar-refractivity contribution in [1.82, 2.24) is 10.6 Å². The molecule has 2 N–H and O–H groups in total. The van der Waals surface area contributed by atoms with E-state index in [1.54, 1.807) is 37.3 Å². The minimum Gasteiger partial charge on any atom is -0.438 e. The number of rotatable bonds is 4. The third kappa shape index (κ3) is 2.58. The van der Waals surface area contributed by atoms with Crippen molar-refractivity contribution in [3.63, 3.8) is 0 Å². The van der Waals surface area contributed by atoms with E-state index in [9.17, 15) is 19.2 Å². The molecule has 1 saturated heterocycles. The summed E-state index contributed by atoms with van der Waals surface area (Å²) in [6.45, 7) is 1.62. The average molecular weight is 316 g/mol. The van der Waals surface area contributed by atoms with Crippen LogP contribution in [0.3, 0.4) is 0 Å². The zero-order valence-electron chi connectivity index (χ0n) is 12.5. The summed E-state index contributed by atoms with van der Waals surface area (Å²) >= 11 is 0. The summed E-state index contributed by atoms with van der Waals surface area (Å²) in [5.41, 5.74) is -1.44. The van der Waals surface area contributed by atoms with Crippen LogP contribution in [0.5, 0.6) is 0 Å². The zero-order valence-corrected chi connectivity index (χ0v) is 12.5. The van der Waals surface area contributed by atoms with Gasteiger partial charge in [-0.15, -0.1) is 0 Å². The van der Waals surface area contributed by atoms with Gasteiger partial charge in [0, 0.05) is 5.92 Å². The second kappa shape index (κ2) is 5.49. The van der Waals surface area contributed by atoms with Crippen LogP contribution in [0.1, 0.15) is 31.2 Å². The molecule has 2 fully saturated rings. The summed E-state index contributed by atoms with van der Waals surface area (Å²) in [6, 6.07) is 7.85. The standard InChI is InChI=1S/C16H16N2O5/c1-9(10-5-3-2-4-6-10)16(23-12(19)11-7-8-11)13(20)17-15(22)18-14(16)21/h2-6,9,11H,7-8H2,1H3,(H2,17,18,20,21,22). The van der Waals surface area contributed by atoms with Crippen LogP contribution in [-0.4, -0.2) is 29.4 Å². The van der Waals surface area contributed by atoms with Gasteiger partial charge in [-0.2, -0.15) is 0 Å². The second-order valence-corrected chi connectivity index (χ2v) is 5.80. The molecule has 0 aromatic heterocycles. The molecule has 4 amide bonds. The monoisotopic (exact) mass is 316 g/mol. The topological polar surface area (TPSA) is 102 Å². The van der Waals surface area contributed by atoms with Crippen molar-refractivity contribution >= 4 is 23.8 Å². The van der Waals surface area contributed by atoms with Crippen LogP contribution in [-0.2, 0) is 19.1 Å². The van der Waals surface area contributed by atoms with Gasteiger partial charge in [0.2, 0.25) is 0 Å². The highest BCUT2D eigenvalue weighted by molar-refractivity contribution is 6.23. The van der Waals surface area contributed by atoms with Gasteiger partial charge in [-0.05, 0) is 18.4 Å². The largest absolute Gasteiger partial charge is 0.438 e. The Morgan fingerprint density at radius 3 is 2.22 bits per heavy atom. The SMILES string of the molecule is CC(c1ccccc1)C1(OC(=O)C2CC2)C(=O)NC(=O)NC1=O. The number of carbonyl (C=O) groups is 4. The third-order valence-corrected chi connectivity index (χ3v) is 4.21. The molecule has 23 heavy (non-hydrogen) atoms. The Morgan fingerprint density at radius 1 is 1.13 bits per heavy atom. The number of amides is 4. The molecule has 3 rings (SSSR count). The maximum atomic E-state index is 12.5. The first kappa shape index (κ1) is 15.2. The maximum absolute atomic E-state index is 12.5. The summed E-state index contributed by atoms with van der Waals surface area (Å²) in [4.78, 5) is 48.4. The Labute approximate surface area is 132 Å². The highest BCUT2D eigenvalue weighted by Gasteiger charge is 2.59. The van der Waals surface area contributed by atoms with Gasteiger partial charge in [-0.25, -0.2) is 4.79 Å². The van der Waals surface area contributed by atoms with Crippen molar-refractivity contribution in [2.24, 2.45) is 5.92 Å². The number of hydrogen-bond acceptors (Lipinski definition) is 5. The van der Waals surface area contributed by atoms with Gasteiger partial charge >= 0.3 is 12.0 Å². The molecule has 0 spiro atoms. The smallest absolute Gasteiger partial charge is 0.328 e. The number of barbiturate groups is 1. The summed E-state index contributed by atoms with van der Waals surface area (Å²) < 4.78 is 5.38. The first-order chi connectivity index (χ1) is 10.9. The minimum absolute atomic E-state index is 0.284. The molecule has 1 aliphatic heterocycles. The van der Waals surface area contributed by atoms with Crippen molar-refractivity contribution in [2.45, 2.75) is 31.3 Å². The third-order valence-electron chi connectivity index (χ3n) is 4.21. The number of ether oxygens (including phenoxy) is 1. The van der Waals surface area contributed by atoms with Crippen molar-refractivity contribution < 1.29 is 23.9 Å². The lowest BCUT2D eigenvalue weighted by Gasteiger charge is -2.37. The van der Waals surface area contributed by atoms with Gasteiger partial charge in [0.15, 0.2) is 0 Å². The molecular formula is C16H16N2O5. The van der Waals surface area contributed by atoms with E-state index in [4.69, 9.17) is 4.74 Å². The lowest BCUT2D eigenvalue weighted by molar-refractivity contribution is -0.179. The van der Waals surface area contributed by atoms with Crippen LogP contribution in [0.15, 0.2) is 30.3 Å². The maximum Gasteiger partial charge on any atom is 0.328 e. The van der Waals surface area contributed by atoms with Crippen molar-refractivity contribution in [2.75, 3.05) is 0 Å². The first-order valence-corrected chi connectivity index (χ1v) is 7.40. The molecule has 1 heterocycles. The average Bonchev–Trinajstić information content (AvgIpc) is 3.36. The number of carbonyl (C=O) groups excluding carboxylic acids is 4. The fourth-order valence-electron chi connectivity index (χ4n) is 2.64. The Balaban J connectivity index is 2.01. The van der Waals surface area contributed by atoms with E-state index in [0.717, 1.165) is 0 Å². The molecule has 1 aliphatic carbocycles. The number of esters is 1. The van der Waals surface area contributed by atoms with Gasteiger partial charge < -0.3 is 4.74 Å². The highest BCUT2D eigenvalue weighted by atomic mass is 16.6. The molecule has 1 saturated carbocycles. The number of hydrogen-bond donors (Lipinski definition) is 2. The van der Waals surface area contributed by atoms with Crippen molar-refractivity contribution in [3.05, 3.63) is 35.9 Å². The van der Waals surface area contributed by atoms with E-state index >= 15 is 0 Å². The van der Waals surface area contributed by atoms with Gasteiger partial charge in [0.1, 0.15) is 0 Å². The zero-order chi connectivity index (χ0) is 16.6. The van der Waals surface area contributed by atoms with E-state index in [0.29, 0.717) is 18.4 Å². The summed E-state index contributed by atoms with van der Waals surface area (Å²) in [7, 11) is 0. The van der Waals surface area contributed by atoms with Crippen molar-refractivity contribution in [1.29, 1.82) is 0 Å². The van der Waals surface area contributed by atoms with Crippen LogP contribution in [0.25, 0.3) is 0 Å². The van der Waals surface area contributed by atoms with Crippen molar-refractivity contribution in [3.8, 4) is 0 Å².